The van der Waals surface area contributed by atoms with E-state index in [0.29, 0.717) is 60.3 Å². The number of aldehydes is 1. The number of allylic oxidation sites excluding steroid dienone is 1. The van der Waals surface area contributed by atoms with Gasteiger partial charge in [0, 0.05) is 36.2 Å². The zero-order valence-corrected chi connectivity index (χ0v) is 32.3. The summed E-state index contributed by atoms with van der Waals surface area (Å²) in [5.41, 5.74) is 2.59. The van der Waals surface area contributed by atoms with Gasteiger partial charge in [-0.05, 0) is 107 Å². The van der Waals surface area contributed by atoms with Gasteiger partial charge in [0.05, 0.1) is 27.4 Å². The van der Waals surface area contributed by atoms with Crippen molar-refractivity contribution in [2.24, 2.45) is 5.14 Å². The minimum atomic E-state index is -3.87. The molecule has 2 unspecified atom stereocenters. The number of alkyl halides is 1. The van der Waals surface area contributed by atoms with Gasteiger partial charge >= 0.3 is 0 Å². The third-order valence-corrected chi connectivity index (χ3v) is 12.0. The van der Waals surface area contributed by atoms with Gasteiger partial charge in [-0.3, -0.25) is 14.5 Å². The number of benzene rings is 2. The molecule has 1 aromatic heterocycles. The summed E-state index contributed by atoms with van der Waals surface area (Å²) in [5.74, 6) is -0.224. The number of sulfonamides is 1. The summed E-state index contributed by atoms with van der Waals surface area (Å²) in [4.78, 5) is 31.2. The van der Waals surface area contributed by atoms with E-state index in [2.05, 4.69) is 0 Å². The molecule has 13 heteroatoms. The molecule has 0 radical (unpaired) electrons. The number of primary sulfonamides is 1. The van der Waals surface area contributed by atoms with Crippen LogP contribution in [-0.4, -0.2) is 68.5 Å². The van der Waals surface area contributed by atoms with Crippen LogP contribution in [0, 0.1) is 0 Å². The van der Waals surface area contributed by atoms with Gasteiger partial charge in [0.1, 0.15) is 17.7 Å². The lowest BCUT2D eigenvalue weighted by molar-refractivity contribution is -0.155. The molecule has 1 amide bonds. The van der Waals surface area contributed by atoms with Gasteiger partial charge in [-0.1, -0.05) is 31.5 Å². The van der Waals surface area contributed by atoms with Gasteiger partial charge in [-0.2, -0.15) is 0 Å². The molecule has 2 aliphatic rings. The van der Waals surface area contributed by atoms with Crippen molar-refractivity contribution in [3.05, 3.63) is 75.0 Å². The smallest absolute Gasteiger partial charge is 0.264 e. The van der Waals surface area contributed by atoms with Crippen molar-refractivity contribution >= 4 is 39.4 Å². The monoisotopic (exact) mass is 757 g/mol. The molecule has 3 aromatic rings. The Labute approximate surface area is 309 Å². The van der Waals surface area contributed by atoms with E-state index in [1.54, 1.807) is 19.2 Å². The first-order valence-corrected chi connectivity index (χ1v) is 20.0. The average molecular weight is 758 g/mol. The molecule has 0 aliphatic heterocycles. The van der Waals surface area contributed by atoms with Crippen LogP contribution in [0.25, 0.3) is 17.0 Å². The molecule has 2 aromatic carbocycles. The molecular formula is C39H49F2N3O6S2. The molecule has 0 bridgehead atoms. The lowest BCUT2D eigenvalue weighted by Gasteiger charge is -2.42. The van der Waals surface area contributed by atoms with Crippen LogP contribution in [0.4, 0.5) is 8.78 Å². The molecule has 9 nitrogen and oxygen atoms in total. The van der Waals surface area contributed by atoms with E-state index in [9.17, 15) is 18.0 Å². The fraction of sp³-hybridized carbons (Fsp3) is 0.487. The summed E-state index contributed by atoms with van der Waals surface area (Å²) in [6.07, 6.45) is 3.67. The predicted octanol–water partition coefficient (Wildman–Crippen LogP) is 7.97. The molecular weight excluding hydrogens is 709 g/mol. The Balaban J connectivity index is 1.52. The van der Waals surface area contributed by atoms with Gasteiger partial charge in [-0.15, -0.1) is 11.3 Å². The van der Waals surface area contributed by atoms with E-state index in [0.717, 1.165) is 34.3 Å². The molecule has 1 fully saturated rings. The summed E-state index contributed by atoms with van der Waals surface area (Å²) in [5, 5.41) is 5.31. The zero-order chi connectivity index (χ0) is 38.0. The van der Waals surface area contributed by atoms with E-state index in [4.69, 9.17) is 14.6 Å². The first-order valence-electron chi connectivity index (χ1n) is 17.7. The van der Waals surface area contributed by atoms with Crippen LogP contribution in [0.1, 0.15) is 104 Å². The lowest BCUT2D eigenvalue weighted by atomic mass is 9.88. The molecule has 52 heavy (non-hydrogen) atoms. The van der Waals surface area contributed by atoms with Gasteiger partial charge < -0.3 is 14.4 Å². The van der Waals surface area contributed by atoms with Crippen LogP contribution in [0.5, 0.6) is 5.75 Å². The van der Waals surface area contributed by atoms with Gasteiger partial charge in [-0.25, -0.2) is 22.3 Å². The largest absolute Gasteiger partial charge is 0.496 e. The maximum Gasteiger partial charge on any atom is 0.264 e. The second-order valence-electron chi connectivity index (χ2n) is 14.6. The SMILES string of the molecule is CCCc1c(C(=O)N(Cc2cc(-c3ccc(S(N)(=O)=O)cc3)ccc2OC)C2CCC(N(C)C(C=O)OC(C)(C)C)CC2)sc2c1C(F)CC=C2F. The molecule has 2 aliphatic carbocycles. The van der Waals surface area contributed by atoms with Crippen LogP contribution in [0.3, 0.4) is 0 Å². The van der Waals surface area contributed by atoms with Crippen molar-refractivity contribution in [1.82, 2.24) is 9.80 Å². The number of carbonyl (C=O) groups is 2. The van der Waals surface area contributed by atoms with Crippen LogP contribution in [0.2, 0.25) is 0 Å². The first-order chi connectivity index (χ1) is 24.6. The minimum absolute atomic E-state index is 0.00392. The van der Waals surface area contributed by atoms with Gasteiger partial charge in [0.2, 0.25) is 10.0 Å². The van der Waals surface area contributed by atoms with E-state index in [-0.39, 0.29) is 40.7 Å². The molecule has 282 valence electrons. The Kier molecular flexibility index (Phi) is 12.4. The van der Waals surface area contributed by atoms with Gasteiger partial charge in [0.25, 0.3) is 5.91 Å². The maximum atomic E-state index is 15.4. The summed E-state index contributed by atoms with van der Waals surface area (Å²) in [6, 6.07) is 11.6. The van der Waals surface area contributed by atoms with Gasteiger partial charge in [0.15, 0.2) is 12.5 Å². The number of nitrogens with two attached hydrogens (primary N) is 1. The van der Waals surface area contributed by atoms with Crippen LogP contribution in [-0.2, 0) is 32.5 Å². The number of amides is 1. The summed E-state index contributed by atoms with van der Waals surface area (Å²) in [7, 11) is -0.429. The number of fused-ring (bicyclic) bond motifs is 1. The summed E-state index contributed by atoms with van der Waals surface area (Å²) in [6.45, 7) is 7.83. The third-order valence-electron chi connectivity index (χ3n) is 9.85. The van der Waals surface area contributed by atoms with Crippen molar-refractivity contribution in [3.8, 4) is 16.9 Å². The van der Waals surface area contributed by atoms with E-state index >= 15 is 8.78 Å². The van der Waals surface area contributed by atoms with Crippen molar-refractivity contribution < 1.29 is 36.3 Å². The number of methoxy groups -OCH3 is 1. The molecule has 2 N–H and O–H groups in total. The number of thiophene rings is 1. The molecule has 0 saturated heterocycles. The number of ether oxygens (including phenoxy) is 2. The quantitative estimate of drug-likeness (QED) is 0.139. The highest BCUT2D eigenvalue weighted by molar-refractivity contribution is 7.89. The number of carbonyl (C=O) groups excluding carboxylic acids is 2. The number of halogens is 2. The van der Waals surface area contributed by atoms with Crippen molar-refractivity contribution in [2.75, 3.05) is 14.2 Å². The highest BCUT2D eigenvalue weighted by Crippen LogP contribution is 2.46. The zero-order valence-electron chi connectivity index (χ0n) is 30.7. The Hall–Kier alpha value is -3.49. The Bertz CT molecular complexity index is 1900. The number of nitrogens with zero attached hydrogens (tertiary/aromatic N) is 2. The first kappa shape index (κ1) is 39.7. The van der Waals surface area contributed by atoms with Crippen molar-refractivity contribution in [3.63, 3.8) is 0 Å². The van der Waals surface area contributed by atoms with Crippen molar-refractivity contribution in [1.29, 1.82) is 0 Å². The summed E-state index contributed by atoms with van der Waals surface area (Å²) >= 11 is 1.03. The van der Waals surface area contributed by atoms with E-state index in [1.807, 2.05) is 62.7 Å². The van der Waals surface area contributed by atoms with Crippen molar-refractivity contribution in [2.45, 2.75) is 114 Å². The molecule has 1 saturated carbocycles. The fourth-order valence-corrected chi connectivity index (χ4v) is 9.03. The second-order valence-corrected chi connectivity index (χ2v) is 17.2. The standard InChI is InChI=1S/C39H49F2N3O6S2/c1-7-8-30-35-31(40)18-19-32(41)37(35)51-36(30)38(46)44(28-14-12-27(13-15-28)43(5)34(23-45)50-39(2,3)4)22-26-21-25(11-20-33(26)49-6)24-9-16-29(17-10-24)52(42,47)48/h9-11,16-17,19-21,23,27-28,31,34H,7-8,12-15,18,22H2,1-6H3,(H2,42,47,48). The lowest BCUT2D eigenvalue weighted by Crippen LogP contribution is -2.50. The highest BCUT2D eigenvalue weighted by atomic mass is 32.2. The molecule has 1 heterocycles. The Morgan fingerprint density at radius 2 is 1.71 bits per heavy atom. The normalized spacial score (nSPS) is 19.9. The van der Waals surface area contributed by atoms with Crippen LogP contribution < -0.4 is 9.88 Å². The maximum absolute atomic E-state index is 15.4. The third kappa shape index (κ3) is 8.82. The Morgan fingerprint density at radius 1 is 1.08 bits per heavy atom. The summed E-state index contributed by atoms with van der Waals surface area (Å²) < 4.78 is 66.0. The molecule has 2 atom stereocenters. The van der Waals surface area contributed by atoms with E-state index in [1.165, 1.54) is 18.2 Å². The molecule has 5 rings (SSSR count). The Morgan fingerprint density at radius 3 is 2.29 bits per heavy atom. The number of hydrogen-bond donors (Lipinski definition) is 1. The van der Waals surface area contributed by atoms with Crippen LogP contribution >= 0.6 is 11.3 Å². The fourth-order valence-electron chi connectivity index (χ4n) is 7.23. The number of rotatable bonds is 13. The topological polar surface area (TPSA) is 119 Å². The predicted molar refractivity (Wildman–Crippen MR) is 200 cm³/mol. The highest BCUT2D eigenvalue weighted by Gasteiger charge is 2.38. The van der Waals surface area contributed by atoms with E-state index < -0.39 is 33.9 Å². The minimum Gasteiger partial charge on any atom is -0.496 e. The second kappa shape index (κ2) is 16.3. The number of likely N-dealkylation sites (N-methyl/N-ethyl adjacent to an activating group) is 1. The average Bonchev–Trinajstić information content (AvgIpc) is 3.50. The number of hydrogen-bond acceptors (Lipinski definition) is 8. The van der Waals surface area contributed by atoms with Crippen LogP contribution in [0.15, 0.2) is 53.4 Å². The molecule has 0 spiro atoms.